The molecular weight excluding hydrogens is 255 g/mol. The van der Waals surface area contributed by atoms with Gasteiger partial charge in [-0.15, -0.1) is 0 Å². The maximum Gasteiger partial charge on any atom is 0.328 e. The third kappa shape index (κ3) is 5.20. The summed E-state index contributed by atoms with van der Waals surface area (Å²) < 4.78 is 23.0. The van der Waals surface area contributed by atoms with Gasteiger partial charge in [0.25, 0.3) is 0 Å². The van der Waals surface area contributed by atoms with Crippen molar-refractivity contribution >= 4 is 18.0 Å². The van der Waals surface area contributed by atoms with Gasteiger partial charge in [0.1, 0.15) is 0 Å². The van der Waals surface area contributed by atoms with Gasteiger partial charge in [0.2, 0.25) is 0 Å². The van der Waals surface area contributed by atoms with Crippen LogP contribution in [-0.4, -0.2) is 30.8 Å². The highest BCUT2D eigenvalue weighted by Crippen LogP contribution is 2.19. The van der Waals surface area contributed by atoms with Gasteiger partial charge in [0, 0.05) is 6.08 Å². The Balaban J connectivity index is 2.62. The number of carboxylic acids is 1. The number of ether oxygens (including phenoxy) is 2. The SMILES string of the molecule is COC(=O)CCOc1ccc(/C=C/C(=O)O)cc1F. The van der Waals surface area contributed by atoms with Crippen LogP contribution in [0.2, 0.25) is 0 Å². The molecule has 5 nitrogen and oxygen atoms in total. The van der Waals surface area contributed by atoms with E-state index in [1.54, 1.807) is 0 Å². The van der Waals surface area contributed by atoms with Gasteiger partial charge < -0.3 is 14.6 Å². The zero-order valence-corrected chi connectivity index (χ0v) is 10.3. The van der Waals surface area contributed by atoms with Crippen molar-refractivity contribution in [1.29, 1.82) is 0 Å². The second-order valence-corrected chi connectivity index (χ2v) is 3.54. The molecule has 0 aliphatic heterocycles. The molecule has 102 valence electrons. The van der Waals surface area contributed by atoms with Crippen LogP contribution in [0.15, 0.2) is 24.3 Å². The fourth-order valence-corrected chi connectivity index (χ4v) is 1.25. The molecule has 0 heterocycles. The van der Waals surface area contributed by atoms with Gasteiger partial charge in [-0.1, -0.05) is 6.07 Å². The molecular formula is C13H13FO5. The van der Waals surface area contributed by atoms with Gasteiger partial charge in [0.05, 0.1) is 20.1 Å². The molecule has 0 fully saturated rings. The van der Waals surface area contributed by atoms with Crippen LogP contribution in [0.5, 0.6) is 5.75 Å². The summed E-state index contributed by atoms with van der Waals surface area (Å²) in [7, 11) is 1.26. The molecule has 0 atom stereocenters. The third-order valence-electron chi connectivity index (χ3n) is 2.17. The highest BCUT2D eigenvalue weighted by atomic mass is 19.1. The molecule has 0 aromatic heterocycles. The Kier molecular flexibility index (Phi) is 5.53. The average Bonchev–Trinajstić information content (AvgIpc) is 2.38. The van der Waals surface area contributed by atoms with Crippen LogP contribution in [0, 0.1) is 5.82 Å². The van der Waals surface area contributed by atoms with Crippen molar-refractivity contribution in [3.8, 4) is 5.75 Å². The van der Waals surface area contributed by atoms with Gasteiger partial charge >= 0.3 is 11.9 Å². The first kappa shape index (κ1) is 14.7. The molecule has 1 N–H and O–H groups in total. The maximum atomic E-state index is 13.6. The lowest BCUT2D eigenvalue weighted by Crippen LogP contribution is -2.08. The highest BCUT2D eigenvalue weighted by molar-refractivity contribution is 5.85. The highest BCUT2D eigenvalue weighted by Gasteiger charge is 2.06. The molecule has 0 aliphatic rings. The Morgan fingerprint density at radius 2 is 2.16 bits per heavy atom. The number of halogens is 1. The number of aliphatic carboxylic acids is 1. The molecule has 1 rings (SSSR count). The quantitative estimate of drug-likeness (QED) is 0.629. The molecule has 0 unspecified atom stereocenters. The van der Waals surface area contributed by atoms with E-state index in [1.807, 2.05) is 0 Å². The van der Waals surface area contributed by atoms with Gasteiger partial charge in [-0.25, -0.2) is 9.18 Å². The molecule has 0 spiro atoms. The first-order chi connectivity index (χ1) is 9.02. The predicted octanol–water partition coefficient (Wildman–Crippen LogP) is 1.87. The van der Waals surface area contributed by atoms with E-state index in [0.29, 0.717) is 5.56 Å². The van der Waals surface area contributed by atoms with E-state index < -0.39 is 17.8 Å². The van der Waals surface area contributed by atoms with Crippen molar-refractivity contribution in [2.75, 3.05) is 13.7 Å². The number of hydrogen-bond donors (Lipinski definition) is 1. The van der Waals surface area contributed by atoms with Crippen LogP contribution in [0.4, 0.5) is 4.39 Å². The van der Waals surface area contributed by atoms with Crippen molar-refractivity contribution in [2.45, 2.75) is 6.42 Å². The fraction of sp³-hybridized carbons (Fsp3) is 0.231. The predicted molar refractivity (Wildman–Crippen MR) is 65.2 cm³/mol. The number of rotatable bonds is 6. The minimum absolute atomic E-state index is 0.00335. The normalized spacial score (nSPS) is 10.4. The molecule has 0 saturated heterocycles. The van der Waals surface area contributed by atoms with Crippen LogP contribution >= 0.6 is 0 Å². The lowest BCUT2D eigenvalue weighted by atomic mass is 10.2. The molecule has 0 bridgehead atoms. The second-order valence-electron chi connectivity index (χ2n) is 3.54. The lowest BCUT2D eigenvalue weighted by Gasteiger charge is -2.06. The summed E-state index contributed by atoms with van der Waals surface area (Å²) in [5.41, 5.74) is 0.403. The third-order valence-corrected chi connectivity index (χ3v) is 2.17. The number of benzene rings is 1. The van der Waals surface area contributed by atoms with Crippen molar-refractivity contribution < 1.29 is 28.6 Å². The number of esters is 1. The van der Waals surface area contributed by atoms with Crippen molar-refractivity contribution in [3.05, 3.63) is 35.7 Å². The van der Waals surface area contributed by atoms with E-state index >= 15 is 0 Å². The number of carboxylic acid groups (broad SMARTS) is 1. The first-order valence-corrected chi connectivity index (χ1v) is 5.43. The van der Waals surface area contributed by atoms with Gasteiger partial charge in [-0.3, -0.25) is 4.79 Å². The molecule has 0 aliphatic carbocycles. The summed E-state index contributed by atoms with van der Waals surface area (Å²) in [6, 6.07) is 4.02. The van der Waals surface area contributed by atoms with Crippen molar-refractivity contribution in [2.24, 2.45) is 0 Å². The summed E-state index contributed by atoms with van der Waals surface area (Å²) >= 11 is 0. The van der Waals surface area contributed by atoms with Gasteiger partial charge in [-0.05, 0) is 23.8 Å². The Morgan fingerprint density at radius 1 is 1.42 bits per heavy atom. The summed E-state index contributed by atoms with van der Waals surface area (Å²) in [5.74, 6) is -2.19. The summed E-state index contributed by atoms with van der Waals surface area (Å²) in [5, 5.41) is 8.44. The number of carbonyl (C=O) groups excluding carboxylic acids is 1. The Bertz CT molecular complexity index is 496. The van der Waals surface area contributed by atoms with E-state index in [2.05, 4.69) is 4.74 Å². The van der Waals surface area contributed by atoms with Crippen molar-refractivity contribution in [1.82, 2.24) is 0 Å². The van der Waals surface area contributed by atoms with E-state index in [9.17, 15) is 14.0 Å². The maximum absolute atomic E-state index is 13.6. The summed E-state index contributed by atoms with van der Waals surface area (Å²) in [6.07, 6.45) is 2.20. The molecule has 19 heavy (non-hydrogen) atoms. The Labute approximate surface area is 109 Å². The summed E-state index contributed by atoms with van der Waals surface area (Å²) in [4.78, 5) is 21.1. The minimum Gasteiger partial charge on any atom is -0.490 e. The largest absolute Gasteiger partial charge is 0.490 e. The number of hydrogen-bond acceptors (Lipinski definition) is 4. The van der Waals surface area contributed by atoms with Crippen LogP contribution in [-0.2, 0) is 14.3 Å². The van der Waals surface area contributed by atoms with Crippen LogP contribution in [0.1, 0.15) is 12.0 Å². The standard InChI is InChI=1S/C13H13FO5/c1-18-13(17)6-7-19-11-4-2-9(8-10(11)14)3-5-12(15)16/h2-5,8H,6-7H2,1H3,(H,15,16)/b5-3+. The lowest BCUT2D eigenvalue weighted by molar-refractivity contribution is -0.141. The Hall–Kier alpha value is -2.37. The van der Waals surface area contributed by atoms with E-state index in [1.165, 1.54) is 25.3 Å². The molecule has 1 aromatic rings. The van der Waals surface area contributed by atoms with Gasteiger partial charge in [-0.2, -0.15) is 0 Å². The smallest absolute Gasteiger partial charge is 0.328 e. The summed E-state index contributed by atoms with van der Waals surface area (Å²) in [6.45, 7) is 0.00784. The molecule has 0 amide bonds. The van der Waals surface area contributed by atoms with E-state index in [0.717, 1.165) is 12.1 Å². The number of methoxy groups -OCH3 is 1. The topological polar surface area (TPSA) is 72.8 Å². The van der Waals surface area contributed by atoms with Crippen molar-refractivity contribution in [3.63, 3.8) is 0 Å². The van der Waals surface area contributed by atoms with Crippen LogP contribution in [0.25, 0.3) is 6.08 Å². The first-order valence-electron chi connectivity index (χ1n) is 5.43. The van der Waals surface area contributed by atoms with Crippen LogP contribution in [0.3, 0.4) is 0 Å². The molecule has 6 heteroatoms. The minimum atomic E-state index is -1.11. The average molecular weight is 268 g/mol. The second kappa shape index (κ2) is 7.15. The molecule has 0 saturated carbocycles. The van der Waals surface area contributed by atoms with E-state index in [4.69, 9.17) is 9.84 Å². The number of carbonyl (C=O) groups is 2. The Morgan fingerprint density at radius 3 is 2.74 bits per heavy atom. The van der Waals surface area contributed by atoms with E-state index in [-0.39, 0.29) is 18.8 Å². The zero-order chi connectivity index (χ0) is 14.3. The van der Waals surface area contributed by atoms with Gasteiger partial charge in [0.15, 0.2) is 11.6 Å². The molecule has 0 radical (unpaired) electrons. The molecule has 1 aromatic carbocycles. The fourth-order valence-electron chi connectivity index (χ4n) is 1.25. The zero-order valence-electron chi connectivity index (χ0n) is 10.3. The monoisotopic (exact) mass is 268 g/mol. The van der Waals surface area contributed by atoms with Crippen LogP contribution < -0.4 is 4.74 Å².